The first-order valence-electron chi connectivity index (χ1n) is 12.1. The van der Waals surface area contributed by atoms with Gasteiger partial charge in [-0.1, -0.05) is 11.6 Å². The van der Waals surface area contributed by atoms with Crippen molar-refractivity contribution in [3.63, 3.8) is 0 Å². The lowest BCUT2D eigenvalue weighted by Crippen LogP contribution is -2.15. The first kappa shape index (κ1) is 22.5. The zero-order chi connectivity index (χ0) is 25.8. The van der Waals surface area contributed by atoms with Crippen LogP contribution in [0.5, 0.6) is 11.5 Å². The molecule has 0 radical (unpaired) electrons. The molecule has 0 aliphatic carbocycles. The van der Waals surface area contributed by atoms with Crippen molar-refractivity contribution in [2.24, 2.45) is 0 Å². The van der Waals surface area contributed by atoms with Crippen LogP contribution in [0.3, 0.4) is 0 Å². The molecule has 188 valence electrons. The average molecular weight is 525 g/mol. The van der Waals surface area contributed by atoms with E-state index in [1.807, 2.05) is 64.8 Å². The van der Waals surface area contributed by atoms with E-state index in [0.717, 1.165) is 27.8 Å². The predicted molar refractivity (Wildman–Crippen MR) is 144 cm³/mol. The van der Waals surface area contributed by atoms with Crippen molar-refractivity contribution in [2.45, 2.75) is 13.0 Å². The monoisotopic (exact) mass is 524 g/mol. The fourth-order valence-corrected chi connectivity index (χ4v) is 5.04. The van der Waals surface area contributed by atoms with E-state index >= 15 is 0 Å². The van der Waals surface area contributed by atoms with Gasteiger partial charge in [0.1, 0.15) is 31.1 Å². The van der Waals surface area contributed by atoms with Crippen LogP contribution >= 0.6 is 11.6 Å². The van der Waals surface area contributed by atoms with Crippen LogP contribution in [0.25, 0.3) is 38.9 Å². The van der Waals surface area contributed by atoms with Gasteiger partial charge < -0.3 is 15.2 Å². The smallest absolute Gasteiger partial charge is 0.164 e. The maximum absolute atomic E-state index is 6.38. The van der Waals surface area contributed by atoms with Crippen molar-refractivity contribution < 1.29 is 9.47 Å². The summed E-state index contributed by atoms with van der Waals surface area (Å²) in [5, 5.41) is 12.2. The van der Waals surface area contributed by atoms with Crippen LogP contribution < -0.4 is 15.2 Å². The topological polar surface area (TPSA) is 119 Å². The van der Waals surface area contributed by atoms with Crippen LogP contribution in [0.4, 0.5) is 5.82 Å². The van der Waals surface area contributed by atoms with Crippen molar-refractivity contribution >= 4 is 39.4 Å². The van der Waals surface area contributed by atoms with E-state index in [2.05, 4.69) is 15.0 Å². The van der Waals surface area contributed by atoms with Gasteiger partial charge in [0.05, 0.1) is 34.5 Å². The Morgan fingerprint density at radius 3 is 2.71 bits per heavy atom. The van der Waals surface area contributed by atoms with Crippen LogP contribution in [-0.2, 0) is 0 Å². The number of fused-ring (bicyclic) bond motifs is 3. The molecule has 0 spiro atoms. The molecule has 2 aromatic carbocycles. The van der Waals surface area contributed by atoms with E-state index in [9.17, 15) is 0 Å². The second-order valence-corrected chi connectivity index (χ2v) is 9.39. The Morgan fingerprint density at radius 2 is 1.87 bits per heavy atom. The van der Waals surface area contributed by atoms with Gasteiger partial charge in [-0.25, -0.2) is 19.3 Å². The van der Waals surface area contributed by atoms with E-state index in [0.29, 0.717) is 52.3 Å². The van der Waals surface area contributed by atoms with Gasteiger partial charge in [-0.05, 0) is 55.5 Å². The van der Waals surface area contributed by atoms with Gasteiger partial charge in [-0.2, -0.15) is 10.2 Å². The number of hydrogen-bond acceptors (Lipinski definition) is 8. The van der Waals surface area contributed by atoms with E-state index in [4.69, 9.17) is 37.0 Å². The lowest BCUT2D eigenvalue weighted by atomic mass is 10.1. The molecule has 1 aliphatic rings. The van der Waals surface area contributed by atoms with Crippen LogP contribution in [0.1, 0.15) is 18.7 Å². The third-order valence-electron chi connectivity index (χ3n) is 6.66. The Bertz CT molecular complexity index is 1830. The van der Waals surface area contributed by atoms with Crippen LogP contribution in [0.2, 0.25) is 5.02 Å². The van der Waals surface area contributed by atoms with Gasteiger partial charge in [-0.3, -0.25) is 4.98 Å². The number of nitrogens with zero attached hydrogens (tertiary/aromatic N) is 7. The summed E-state index contributed by atoms with van der Waals surface area (Å²) in [5.41, 5.74) is 10.9. The standard InChI is InChI=1S/C27H21ClN8O2/c1-15(24-19-6-5-17(28)12-20(19)36(33-24)18-3-2-8-30-13-18)35-27-23(26(29)31-14-32-27)25(34-35)16-4-7-21-22(11-16)38-10-9-37-21/h2-8,11-15H,9-10H2,1H3,(H2,29,31,32). The fourth-order valence-electron chi connectivity index (χ4n) is 4.87. The normalized spacial score (nSPS) is 13.7. The second-order valence-electron chi connectivity index (χ2n) is 8.95. The van der Waals surface area contributed by atoms with E-state index in [-0.39, 0.29) is 6.04 Å². The molecule has 5 heterocycles. The summed E-state index contributed by atoms with van der Waals surface area (Å²) in [7, 11) is 0. The molecule has 38 heavy (non-hydrogen) atoms. The minimum Gasteiger partial charge on any atom is -0.486 e. The minimum atomic E-state index is -0.306. The molecule has 2 N–H and O–H groups in total. The summed E-state index contributed by atoms with van der Waals surface area (Å²) in [5.74, 6) is 1.71. The summed E-state index contributed by atoms with van der Waals surface area (Å²) < 4.78 is 15.2. The number of anilines is 1. The molecular weight excluding hydrogens is 504 g/mol. The zero-order valence-electron chi connectivity index (χ0n) is 20.2. The molecule has 0 fully saturated rings. The molecule has 10 nitrogen and oxygen atoms in total. The van der Waals surface area contributed by atoms with Gasteiger partial charge in [-0.15, -0.1) is 0 Å². The third kappa shape index (κ3) is 3.52. The molecule has 1 aliphatic heterocycles. The molecule has 4 aromatic heterocycles. The molecule has 0 amide bonds. The summed E-state index contributed by atoms with van der Waals surface area (Å²) >= 11 is 6.38. The summed E-state index contributed by atoms with van der Waals surface area (Å²) in [6, 6.07) is 15.0. The molecule has 0 saturated heterocycles. The highest BCUT2D eigenvalue weighted by atomic mass is 35.5. The highest BCUT2D eigenvalue weighted by Crippen LogP contribution is 2.39. The number of halogens is 1. The van der Waals surface area contributed by atoms with Crippen molar-refractivity contribution in [1.82, 2.24) is 34.5 Å². The molecule has 1 atom stereocenters. The molecule has 6 aromatic rings. The van der Waals surface area contributed by atoms with Crippen LogP contribution in [-0.4, -0.2) is 47.7 Å². The van der Waals surface area contributed by atoms with Crippen LogP contribution in [0.15, 0.2) is 67.3 Å². The zero-order valence-corrected chi connectivity index (χ0v) is 21.0. The molecule has 1 unspecified atom stereocenters. The molecule has 7 rings (SSSR count). The Hall–Kier alpha value is -4.70. The number of rotatable bonds is 4. The van der Waals surface area contributed by atoms with Crippen molar-refractivity contribution in [3.8, 4) is 28.4 Å². The highest BCUT2D eigenvalue weighted by Gasteiger charge is 2.26. The lowest BCUT2D eigenvalue weighted by molar-refractivity contribution is 0.171. The third-order valence-corrected chi connectivity index (χ3v) is 6.89. The Kier molecular flexibility index (Phi) is 5.15. The predicted octanol–water partition coefficient (Wildman–Crippen LogP) is 4.84. The van der Waals surface area contributed by atoms with Gasteiger partial charge in [0.2, 0.25) is 0 Å². The SMILES string of the molecule is CC(c1nn(-c2cccnc2)c2cc(Cl)ccc12)n1nc(-c2ccc3c(c2)OCCO3)c2c(N)ncnc21. The number of nitrogen functional groups attached to an aromatic ring is 1. The Balaban J connectivity index is 1.42. The van der Waals surface area contributed by atoms with Crippen molar-refractivity contribution in [3.05, 3.63) is 78.0 Å². The van der Waals surface area contributed by atoms with Crippen LogP contribution in [0, 0.1) is 0 Å². The lowest BCUT2D eigenvalue weighted by Gasteiger charge is -2.18. The largest absolute Gasteiger partial charge is 0.486 e. The quantitative estimate of drug-likeness (QED) is 0.348. The van der Waals surface area contributed by atoms with E-state index in [1.165, 1.54) is 6.33 Å². The number of pyridine rings is 1. The van der Waals surface area contributed by atoms with Gasteiger partial charge in [0, 0.05) is 22.2 Å². The maximum atomic E-state index is 6.38. The minimum absolute atomic E-state index is 0.306. The summed E-state index contributed by atoms with van der Waals surface area (Å²) in [6.45, 7) is 3.04. The fraction of sp³-hybridized carbons (Fsp3) is 0.148. The number of aromatic nitrogens is 7. The molecule has 11 heteroatoms. The van der Waals surface area contributed by atoms with Gasteiger partial charge in [0.25, 0.3) is 0 Å². The van der Waals surface area contributed by atoms with Gasteiger partial charge in [0.15, 0.2) is 17.1 Å². The highest BCUT2D eigenvalue weighted by molar-refractivity contribution is 6.31. The maximum Gasteiger partial charge on any atom is 0.164 e. The number of benzene rings is 2. The number of ether oxygens (including phenoxy) is 2. The van der Waals surface area contributed by atoms with Gasteiger partial charge >= 0.3 is 0 Å². The number of hydrogen-bond donors (Lipinski definition) is 1. The number of nitrogens with two attached hydrogens (primary N) is 1. The Morgan fingerprint density at radius 1 is 1.00 bits per heavy atom. The average Bonchev–Trinajstić information content (AvgIpc) is 3.53. The van der Waals surface area contributed by atoms with Crippen molar-refractivity contribution in [2.75, 3.05) is 18.9 Å². The first-order chi connectivity index (χ1) is 18.6. The Labute approximate surface area is 221 Å². The molecule has 0 bridgehead atoms. The van der Waals surface area contributed by atoms with Crippen molar-refractivity contribution in [1.29, 1.82) is 0 Å². The second kappa shape index (κ2) is 8.70. The molecule has 0 saturated carbocycles. The van der Waals surface area contributed by atoms with E-state index in [1.54, 1.807) is 12.4 Å². The summed E-state index contributed by atoms with van der Waals surface area (Å²) in [6.07, 6.45) is 4.94. The first-order valence-corrected chi connectivity index (χ1v) is 12.4. The molecular formula is C27H21ClN8O2. The van der Waals surface area contributed by atoms with E-state index < -0.39 is 0 Å². The summed E-state index contributed by atoms with van der Waals surface area (Å²) in [4.78, 5) is 13.1.